The zero-order chi connectivity index (χ0) is 22.0. The van der Waals surface area contributed by atoms with Crippen LogP contribution in [0.4, 0.5) is 5.13 Å². The van der Waals surface area contributed by atoms with Crippen LogP contribution in [0, 0.1) is 20.8 Å². The zero-order valence-electron chi connectivity index (χ0n) is 17.9. The zero-order valence-corrected chi connectivity index (χ0v) is 19.6. The van der Waals surface area contributed by atoms with E-state index in [1.807, 2.05) is 52.8 Å². The molecule has 1 N–H and O–H groups in total. The van der Waals surface area contributed by atoms with Gasteiger partial charge in [-0.25, -0.2) is 4.98 Å². The van der Waals surface area contributed by atoms with E-state index >= 15 is 0 Å². The maximum Gasteiger partial charge on any atom is 0.267 e. The number of anilines is 1. The van der Waals surface area contributed by atoms with Crippen LogP contribution in [0.25, 0.3) is 11.3 Å². The standard InChI is InChI=1S/C23H24N4O2S2/c1-5-27-16(4)19(10-24-27)20-13-31-23(25-20)26-22(28)21-9-17(12-30-21)11-29-18-7-6-14(2)15(3)8-18/h6-10,12-13H,5,11H2,1-4H3,(H,25,26,28). The van der Waals surface area contributed by atoms with Crippen molar-refractivity contribution in [2.75, 3.05) is 5.32 Å². The molecule has 3 heterocycles. The lowest BCUT2D eigenvalue weighted by Crippen LogP contribution is -2.09. The van der Waals surface area contributed by atoms with Crippen molar-refractivity contribution in [3.8, 4) is 17.0 Å². The Morgan fingerprint density at radius 1 is 1.13 bits per heavy atom. The predicted octanol–water partition coefficient (Wildman–Crippen LogP) is 5.84. The van der Waals surface area contributed by atoms with Crippen LogP contribution in [0.2, 0.25) is 0 Å². The molecule has 6 nitrogen and oxygen atoms in total. The number of aromatic nitrogens is 3. The highest BCUT2D eigenvalue weighted by atomic mass is 32.1. The molecule has 4 rings (SSSR count). The van der Waals surface area contributed by atoms with E-state index in [0.29, 0.717) is 16.6 Å². The average Bonchev–Trinajstić information content (AvgIpc) is 3.48. The summed E-state index contributed by atoms with van der Waals surface area (Å²) in [6.45, 7) is 9.46. The first kappa shape index (κ1) is 21.3. The fourth-order valence-corrected chi connectivity index (χ4v) is 4.67. The Bertz CT molecular complexity index is 1220. The van der Waals surface area contributed by atoms with Crippen LogP contribution in [-0.4, -0.2) is 20.7 Å². The van der Waals surface area contributed by atoms with E-state index in [4.69, 9.17) is 4.74 Å². The highest BCUT2D eigenvalue weighted by molar-refractivity contribution is 7.14. The van der Waals surface area contributed by atoms with E-state index in [-0.39, 0.29) is 5.91 Å². The van der Waals surface area contributed by atoms with Crippen molar-refractivity contribution in [1.82, 2.24) is 14.8 Å². The quantitative estimate of drug-likeness (QED) is 0.382. The number of carbonyl (C=O) groups is 1. The highest BCUT2D eigenvalue weighted by Gasteiger charge is 2.15. The van der Waals surface area contributed by atoms with Gasteiger partial charge in [-0.3, -0.25) is 14.8 Å². The maximum absolute atomic E-state index is 12.7. The Kier molecular flexibility index (Phi) is 6.20. The molecule has 3 aromatic heterocycles. The van der Waals surface area contributed by atoms with Gasteiger partial charge >= 0.3 is 0 Å². The molecule has 1 aromatic carbocycles. The van der Waals surface area contributed by atoms with Crippen LogP contribution in [0.15, 0.2) is 41.2 Å². The molecule has 0 spiro atoms. The molecule has 0 saturated carbocycles. The van der Waals surface area contributed by atoms with Crippen LogP contribution in [0.3, 0.4) is 0 Å². The first-order valence-electron chi connectivity index (χ1n) is 10.0. The van der Waals surface area contributed by atoms with Crippen molar-refractivity contribution in [3.05, 3.63) is 68.5 Å². The van der Waals surface area contributed by atoms with Gasteiger partial charge in [0.25, 0.3) is 5.91 Å². The van der Waals surface area contributed by atoms with Crippen LogP contribution in [0.5, 0.6) is 5.75 Å². The summed E-state index contributed by atoms with van der Waals surface area (Å²) in [5.74, 6) is 0.668. The molecule has 0 radical (unpaired) electrons. The van der Waals surface area contributed by atoms with Crippen molar-refractivity contribution < 1.29 is 9.53 Å². The Morgan fingerprint density at radius 2 is 1.97 bits per heavy atom. The van der Waals surface area contributed by atoms with E-state index < -0.39 is 0 Å². The second-order valence-corrected chi connectivity index (χ2v) is 9.07. The van der Waals surface area contributed by atoms with Crippen molar-refractivity contribution >= 4 is 33.7 Å². The second kappa shape index (κ2) is 9.03. The minimum absolute atomic E-state index is 0.163. The normalized spacial score (nSPS) is 11.0. The molecular formula is C23H24N4O2S2. The molecule has 0 atom stereocenters. The number of carbonyl (C=O) groups excluding carboxylic acids is 1. The number of nitrogens with one attached hydrogen (secondary N) is 1. The molecule has 0 unspecified atom stereocenters. The summed E-state index contributed by atoms with van der Waals surface area (Å²) in [6, 6.07) is 7.91. The van der Waals surface area contributed by atoms with Crippen molar-refractivity contribution in [2.24, 2.45) is 0 Å². The molecule has 31 heavy (non-hydrogen) atoms. The molecule has 4 aromatic rings. The van der Waals surface area contributed by atoms with Crippen molar-refractivity contribution in [3.63, 3.8) is 0 Å². The molecular weight excluding hydrogens is 428 g/mol. The number of thiazole rings is 1. The first-order valence-corrected chi connectivity index (χ1v) is 11.8. The molecule has 0 saturated heterocycles. The lowest BCUT2D eigenvalue weighted by Gasteiger charge is -2.07. The van der Waals surface area contributed by atoms with E-state index in [1.54, 1.807) is 0 Å². The number of amides is 1. The summed E-state index contributed by atoms with van der Waals surface area (Å²) in [5.41, 5.74) is 6.28. The summed E-state index contributed by atoms with van der Waals surface area (Å²) >= 11 is 2.81. The van der Waals surface area contributed by atoms with Crippen LogP contribution >= 0.6 is 22.7 Å². The summed E-state index contributed by atoms with van der Waals surface area (Å²) in [4.78, 5) is 17.9. The molecule has 0 aliphatic rings. The maximum atomic E-state index is 12.7. The smallest absolute Gasteiger partial charge is 0.267 e. The SMILES string of the molecule is CCn1ncc(-c2csc(NC(=O)c3cc(COc4ccc(C)c(C)c4)cs3)n2)c1C. The second-order valence-electron chi connectivity index (χ2n) is 7.31. The topological polar surface area (TPSA) is 69.0 Å². The highest BCUT2D eigenvalue weighted by Crippen LogP contribution is 2.28. The van der Waals surface area contributed by atoms with Gasteiger partial charge in [0, 0.05) is 28.7 Å². The van der Waals surface area contributed by atoms with Gasteiger partial charge in [0.15, 0.2) is 5.13 Å². The van der Waals surface area contributed by atoms with Crippen LogP contribution < -0.4 is 10.1 Å². The van der Waals surface area contributed by atoms with Gasteiger partial charge in [-0.1, -0.05) is 6.07 Å². The van der Waals surface area contributed by atoms with E-state index in [9.17, 15) is 4.79 Å². The third kappa shape index (κ3) is 4.70. The molecule has 0 bridgehead atoms. The summed E-state index contributed by atoms with van der Waals surface area (Å²) in [7, 11) is 0. The number of hydrogen-bond donors (Lipinski definition) is 1. The molecule has 0 aliphatic heterocycles. The monoisotopic (exact) mass is 452 g/mol. The van der Waals surface area contributed by atoms with Gasteiger partial charge in [-0.15, -0.1) is 22.7 Å². The molecule has 1 amide bonds. The van der Waals surface area contributed by atoms with Gasteiger partial charge in [0.2, 0.25) is 0 Å². The number of thiophene rings is 1. The van der Waals surface area contributed by atoms with E-state index in [1.165, 1.54) is 33.8 Å². The predicted molar refractivity (Wildman–Crippen MR) is 126 cm³/mol. The molecule has 160 valence electrons. The number of nitrogens with zero attached hydrogens (tertiary/aromatic N) is 3. The number of ether oxygens (including phenoxy) is 1. The Morgan fingerprint density at radius 3 is 2.71 bits per heavy atom. The number of benzene rings is 1. The van der Waals surface area contributed by atoms with Crippen LogP contribution in [0.1, 0.15) is 39.0 Å². The minimum Gasteiger partial charge on any atom is -0.489 e. The van der Waals surface area contributed by atoms with Gasteiger partial charge in [-0.2, -0.15) is 5.10 Å². The van der Waals surface area contributed by atoms with Gasteiger partial charge in [-0.05, 0) is 62.4 Å². The molecule has 0 fully saturated rings. The third-order valence-corrected chi connectivity index (χ3v) is 6.90. The minimum atomic E-state index is -0.163. The Balaban J connectivity index is 1.38. The summed E-state index contributed by atoms with van der Waals surface area (Å²) in [5, 5.41) is 11.7. The van der Waals surface area contributed by atoms with E-state index in [2.05, 4.69) is 36.2 Å². The van der Waals surface area contributed by atoms with Gasteiger partial charge in [0.1, 0.15) is 12.4 Å². The lowest BCUT2D eigenvalue weighted by molar-refractivity contribution is 0.103. The summed E-state index contributed by atoms with van der Waals surface area (Å²) < 4.78 is 7.80. The first-order chi connectivity index (χ1) is 14.9. The average molecular weight is 453 g/mol. The number of rotatable bonds is 7. The number of aryl methyl sites for hydroxylation is 3. The third-order valence-electron chi connectivity index (χ3n) is 5.16. The van der Waals surface area contributed by atoms with Crippen molar-refractivity contribution in [1.29, 1.82) is 0 Å². The van der Waals surface area contributed by atoms with E-state index in [0.717, 1.165) is 34.8 Å². The van der Waals surface area contributed by atoms with Crippen molar-refractivity contribution in [2.45, 2.75) is 40.8 Å². The van der Waals surface area contributed by atoms with Gasteiger partial charge < -0.3 is 4.74 Å². The lowest BCUT2D eigenvalue weighted by atomic mass is 10.1. The fourth-order valence-electron chi connectivity index (χ4n) is 3.17. The largest absolute Gasteiger partial charge is 0.489 e. The Labute approximate surface area is 189 Å². The molecule has 8 heteroatoms. The van der Waals surface area contributed by atoms with Crippen LogP contribution in [-0.2, 0) is 13.2 Å². The number of hydrogen-bond acceptors (Lipinski definition) is 6. The van der Waals surface area contributed by atoms with Gasteiger partial charge in [0.05, 0.1) is 16.8 Å². The summed E-state index contributed by atoms with van der Waals surface area (Å²) in [6.07, 6.45) is 1.82. The molecule has 0 aliphatic carbocycles. The fraction of sp³-hybridized carbons (Fsp3) is 0.261. The Hall–Kier alpha value is -2.97.